The summed E-state index contributed by atoms with van der Waals surface area (Å²) in [7, 11) is 0. The fraction of sp³-hybridized carbons (Fsp3) is 0.444. The number of hydrogen-bond donors (Lipinski definition) is 4. The van der Waals surface area contributed by atoms with Gasteiger partial charge in [-0.2, -0.15) is 0 Å². The van der Waals surface area contributed by atoms with E-state index in [2.05, 4.69) is 10.6 Å². The van der Waals surface area contributed by atoms with Crippen LogP contribution in [0.25, 0.3) is 0 Å². The summed E-state index contributed by atoms with van der Waals surface area (Å²) in [5.41, 5.74) is 11.9. The van der Waals surface area contributed by atoms with E-state index in [4.69, 9.17) is 11.5 Å². The first-order valence-electron chi connectivity index (χ1n) is 8.55. The van der Waals surface area contributed by atoms with Crippen LogP contribution < -0.4 is 22.1 Å². The summed E-state index contributed by atoms with van der Waals surface area (Å²) >= 11 is 0. The zero-order valence-corrected chi connectivity index (χ0v) is 14.9. The topological polar surface area (TPSA) is 144 Å². The monoisotopic (exact) mass is 362 g/mol. The quantitative estimate of drug-likeness (QED) is 0.389. The van der Waals surface area contributed by atoms with Gasteiger partial charge in [0, 0.05) is 0 Å². The van der Waals surface area contributed by atoms with Crippen LogP contribution in [0.15, 0.2) is 30.3 Å². The average Bonchev–Trinajstić information content (AvgIpc) is 2.63. The number of Topliss-reactive ketones (excluding diaryl/α,β-unsaturated/α-hetero) is 1. The molecule has 0 fully saturated rings. The molecular weight excluding hydrogens is 336 g/mol. The lowest BCUT2D eigenvalue weighted by atomic mass is 10.0. The molecule has 142 valence electrons. The Morgan fingerprint density at radius 1 is 1.08 bits per heavy atom. The number of nitrogens with two attached hydrogens (primary N) is 2. The second-order valence-electron chi connectivity index (χ2n) is 5.99. The molecule has 0 heterocycles. The van der Waals surface area contributed by atoms with Crippen LogP contribution in [0.3, 0.4) is 0 Å². The van der Waals surface area contributed by atoms with Gasteiger partial charge in [0.2, 0.25) is 17.6 Å². The molecule has 3 amide bonds. The Labute approximate surface area is 152 Å². The van der Waals surface area contributed by atoms with Gasteiger partial charge in [-0.05, 0) is 24.8 Å². The maximum absolute atomic E-state index is 11.9. The van der Waals surface area contributed by atoms with E-state index in [1.165, 1.54) is 0 Å². The van der Waals surface area contributed by atoms with E-state index in [0.717, 1.165) is 5.56 Å². The lowest BCUT2D eigenvalue weighted by Gasteiger charge is -2.16. The van der Waals surface area contributed by atoms with Crippen molar-refractivity contribution in [2.75, 3.05) is 6.54 Å². The largest absolute Gasteiger partial charge is 0.368 e. The summed E-state index contributed by atoms with van der Waals surface area (Å²) < 4.78 is 0. The van der Waals surface area contributed by atoms with Gasteiger partial charge in [0.1, 0.15) is 6.04 Å². The maximum Gasteiger partial charge on any atom is 0.289 e. The molecule has 0 aliphatic carbocycles. The van der Waals surface area contributed by atoms with Crippen molar-refractivity contribution in [1.82, 2.24) is 10.6 Å². The van der Waals surface area contributed by atoms with Crippen LogP contribution >= 0.6 is 0 Å². The van der Waals surface area contributed by atoms with Crippen molar-refractivity contribution >= 4 is 23.5 Å². The lowest BCUT2D eigenvalue weighted by Crippen LogP contribution is -2.50. The van der Waals surface area contributed by atoms with Crippen molar-refractivity contribution in [3.8, 4) is 0 Å². The highest BCUT2D eigenvalue weighted by molar-refractivity contribution is 6.38. The van der Waals surface area contributed by atoms with Gasteiger partial charge in [0.05, 0.1) is 12.6 Å². The highest BCUT2D eigenvalue weighted by Gasteiger charge is 2.22. The smallest absolute Gasteiger partial charge is 0.289 e. The molecule has 1 aromatic rings. The Bertz CT molecular complexity index is 633. The summed E-state index contributed by atoms with van der Waals surface area (Å²) in [6.07, 6.45) is 1.95. The molecule has 8 heteroatoms. The van der Waals surface area contributed by atoms with Gasteiger partial charge in [0.25, 0.3) is 5.91 Å². The molecule has 1 aromatic carbocycles. The third kappa shape index (κ3) is 7.43. The number of primary amides is 1. The van der Waals surface area contributed by atoms with E-state index >= 15 is 0 Å². The summed E-state index contributed by atoms with van der Waals surface area (Å²) in [6.45, 7) is 1.41. The fourth-order valence-electron chi connectivity index (χ4n) is 2.34. The average molecular weight is 362 g/mol. The fourth-order valence-corrected chi connectivity index (χ4v) is 2.34. The minimum absolute atomic E-state index is 0.333. The zero-order chi connectivity index (χ0) is 19.5. The molecule has 2 atom stereocenters. The van der Waals surface area contributed by atoms with Crippen LogP contribution in [-0.2, 0) is 25.6 Å². The highest BCUT2D eigenvalue weighted by atomic mass is 16.2. The molecule has 0 saturated heterocycles. The summed E-state index contributed by atoms with van der Waals surface area (Å²) in [4.78, 5) is 46.8. The number of nitrogens with one attached hydrogen (secondary N) is 2. The molecule has 2 unspecified atom stereocenters. The minimum Gasteiger partial charge on any atom is -0.368 e. The van der Waals surface area contributed by atoms with Crippen LogP contribution in [0.1, 0.15) is 31.7 Å². The van der Waals surface area contributed by atoms with Gasteiger partial charge in [-0.3, -0.25) is 19.2 Å². The Morgan fingerprint density at radius 3 is 2.31 bits per heavy atom. The van der Waals surface area contributed by atoms with Crippen LogP contribution in [0, 0.1) is 0 Å². The van der Waals surface area contributed by atoms with Gasteiger partial charge in [0.15, 0.2) is 0 Å². The molecule has 0 saturated carbocycles. The van der Waals surface area contributed by atoms with Gasteiger partial charge in [-0.1, -0.05) is 43.7 Å². The van der Waals surface area contributed by atoms with Gasteiger partial charge in [-0.25, -0.2) is 0 Å². The van der Waals surface area contributed by atoms with Crippen LogP contribution in [0.2, 0.25) is 0 Å². The zero-order valence-electron chi connectivity index (χ0n) is 14.9. The molecule has 8 nitrogen and oxygen atoms in total. The van der Waals surface area contributed by atoms with Gasteiger partial charge >= 0.3 is 0 Å². The van der Waals surface area contributed by atoms with Gasteiger partial charge in [-0.15, -0.1) is 0 Å². The SMILES string of the molecule is CCCC(N)C(=O)C(=O)NCC(=O)NC(CCc1ccccc1)C(N)=O. The summed E-state index contributed by atoms with van der Waals surface area (Å²) in [5.74, 6) is -2.95. The van der Waals surface area contributed by atoms with Crippen LogP contribution in [0.4, 0.5) is 0 Å². The molecule has 1 rings (SSSR count). The number of carbonyl (C=O) groups is 4. The van der Waals surface area contributed by atoms with Crippen LogP contribution in [0.5, 0.6) is 0 Å². The molecule has 0 bridgehead atoms. The maximum atomic E-state index is 11.9. The third-order valence-electron chi connectivity index (χ3n) is 3.81. The van der Waals surface area contributed by atoms with Crippen molar-refractivity contribution in [1.29, 1.82) is 0 Å². The first-order valence-corrected chi connectivity index (χ1v) is 8.55. The second-order valence-corrected chi connectivity index (χ2v) is 5.99. The lowest BCUT2D eigenvalue weighted by molar-refractivity contribution is -0.139. The van der Waals surface area contributed by atoms with E-state index in [1.54, 1.807) is 0 Å². The number of benzene rings is 1. The number of ketones is 1. The van der Waals surface area contributed by atoms with E-state index in [1.807, 2.05) is 37.3 Å². The third-order valence-corrected chi connectivity index (χ3v) is 3.81. The van der Waals surface area contributed by atoms with E-state index in [9.17, 15) is 19.2 Å². The Morgan fingerprint density at radius 2 is 1.73 bits per heavy atom. The molecule has 0 aliphatic rings. The molecule has 6 N–H and O–H groups in total. The molecule has 0 radical (unpaired) electrons. The van der Waals surface area contributed by atoms with E-state index in [-0.39, 0.29) is 0 Å². The van der Waals surface area contributed by atoms with Crippen molar-refractivity contribution < 1.29 is 19.2 Å². The van der Waals surface area contributed by atoms with E-state index < -0.39 is 42.1 Å². The van der Waals surface area contributed by atoms with Crippen molar-refractivity contribution in [3.63, 3.8) is 0 Å². The molecule has 0 spiro atoms. The number of aryl methyl sites for hydroxylation is 1. The van der Waals surface area contributed by atoms with E-state index in [0.29, 0.717) is 25.7 Å². The predicted octanol–water partition coefficient (Wildman–Crippen LogP) is -0.598. The number of rotatable bonds is 11. The Kier molecular flexibility index (Phi) is 9.00. The van der Waals surface area contributed by atoms with Crippen molar-refractivity contribution in [3.05, 3.63) is 35.9 Å². The van der Waals surface area contributed by atoms with Crippen molar-refractivity contribution in [2.24, 2.45) is 11.5 Å². The van der Waals surface area contributed by atoms with Gasteiger partial charge < -0.3 is 22.1 Å². The minimum atomic E-state index is -0.916. The van der Waals surface area contributed by atoms with Crippen LogP contribution in [-0.4, -0.2) is 42.1 Å². The van der Waals surface area contributed by atoms with Crippen molar-refractivity contribution in [2.45, 2.75) is 44.7 Å². The normalized spacial score (nSPS) is 12.7. The predicted molar refractivity (Wildman–Crippen MR) is 96.8 cm³/mol. The number of amides is 3. The standard InChI is InChI=1S/C18H26N4O4/c1-2-6-13(19)16(24)18(26)21-11-15(23)22-14(17(20)25)10-9-12-7-4-3-5-8-12/h3-5,7-8,13-14H,2,6,9-11,19H2,1H3,(H2,20,25)(H,21,26)(H,22,23). The second kappa shape index (κ2) is 11.0. The first kappa shape index (κ1) is 21.3. The number of carbonyl (C=O) groups excluding carboxylic acids is 4. The molecule has 0 aromatic heterocycles. The highest BCUT2D eigenvalue weighted by Crippen LogP contribution is 2.05. The summed E-state index contributed by atoms with van der Waals surface area (Å²) in [5, 5.41) is 4.67. The Balaban J connectivity index is 2.46. The molecule has 26 heavy (non-hydrogen) atoms. The number of hydrogen-bond acceptors (Lipinski definition) is 5. The first-order chi connectivity index (χ1) is 12.3. The summed E-state index contributed by atoms with van der Waals surface area (Å²) in [6, 6.07) is 7.71. The molecular formula is C18H26N4O4. The molecule has 0 aliphatic heterocycles. The Hall–Kier alpha value is -2.74.